The molecule has 26 heavy (non-hydrogen) atoms. The lowest BCUT2D eigenvalue weighted by Gasteiger charge is -2.32. The molecule has 1 unspecified atom stereocenters. The van der Waals surface area contributed by atoms with Crippen molar-refractivity contribution >= 4 is 47.9 Å². The summed E-state index contributed by atoms with van der Waals surface area (Å²) in [6.07, 6.45) is 2.01. The molecule has 1 amide bonds. The number of aromatic nitrogens is 2. The van der Waals surface area contributed by atoms with Crippen LogP contribution in [-0.2, 0) is 17.8 Å². The average molecular weight is 420 g/mol. The molecule has 0 saturated carbocycles. The van der Waals surface area contributed by atoms with E-state index in [0.29, 0.717) is 18.8 Å². The van der Waals surface area contributed by atoms with Crippen molar-refractivity contribution in [3.8, 4) is 0 Å². The number of carbonyl (C=O) groups excluding carboxylic acids is 1. The first-order valence-electron chi connectivity index (χ1n) is 7.90. The number of hydrogen-bond acceptors (Lipinski definition) is 7. The van der Waals surface area contributed by atoms with Gasteiger partial charge in [-0.3, -0.25) is 4.79 Å². The van der Waals surface area contributed by atoms with Gasteiger partial charge in [-0.15, -0.1) is 36.2 Å². The van der Waals surface area contributed by atoms with Crippen molar-refractivity contribution in [3.63, 3.8) is 0 Å². The van der Waals surface area contributed by atoms with Crippen LogP contribution in [0.1, 0.15) is 28.0 Å². The zero-order valence-corrected chi connectivity index (χ0v) is 16.8. The van der Waals surface area contributed by atoms with Gasteiger partial charge in [-0.25, -0.2) is 9.97 Å². The Balaban J connectivity index is 0.00000169. The van der Waals surface area contributed by atoms with E-state index in [1.807, 2.05) is 12.1 Å². The maximum atomic E-state index is 12.0. The lowest BCUT2D eigenvalue weighted by molar-refractivity contribution is 0.0529. The predicted molar refractivity (Wildman–Crippen MR) is 108 cm³/mol. The van der Waals surface area contributed by atoms with Crippen molar-refractivity contribution < 1.29 is 9.53 Å². The third-order valence-corrected chi connectivity index (χ3v) is 4.66. The normalized spacial score (nSPS) is 16.4. The van der Waals surface area contributed by atoms with E-state index in [1.54, 1.807) is 11.6 Å². The third-order valence-electron chi connectivity index (χ3n) is 3.79. The van der Waals surface area contributed by atoms with E-state index in [-0.39, 0.29) is 36.8 Å². The molecule has 3 N–H and O–H groups in total. The molecule has 2 aromatic rings. The first-order valence-corrected chi connectivity index (χ1v) is 8.78. The highest BCUT2D eigenvalue weighted by Crippen LogP contribution is 2.15. The molecule has 3 heterocycles. The van der Waals surface area contributed by atoms with Gasteiger partial charge in [-0.05, 0) is 18.6 Å². The van der Waals surface area contributed by atoms with Gasteiger partial charge in [-0.2, -0.15) is 0 Å². The quantitative estimate of drug-likeness (QED) is 0.769. The van der Waals surface area contributed by atoms with Crippen molar-refractivity contribution in [2.24, 2.45) is 5.73 Å². The summed E-state index contributed by atoms with van der Waals surface area (Å²) in [5, 5.41) is 5.33. The second kappa shape index (κ2) is 10.6. The van der Waals surface area contributed by atoms with Crippen molar-refractivity contribution in [1.29, 1.82) is 0 Å². The van der Waals surface area contributed by atoms with E-state index in [2.05, 4.69) is 27.1 Å². The molecular weight excluding hydrogens is 397 g/mol. The molecular formula is C16H23Cl2N5O2S. The SMILES string of the molecule is CC1CN(c2ccc(CNC(=O)c3csc(CN)n3)cn2)CCO1.Cl.Cl. The summed E-state index contributed by atoms with van der Waals surface area (Å²) in [6.45, 7) is 5.24. The number of rotatable bonds is 5. The first kappa shape index (κ1) is 22.6. The fraction of sp³-hybridized carbons (Fsp3) is 0.438. The van der Waals surface area contributed by atoms with Gasteiger partial charge in [-0.1, -0.05) is 6.07 Å². The molecule has 0 aromatic carbocycles. The number of morpholine rings is 1. The Bertz CT molecular complexity index is 698. The van der Waals surface area contributed by atoms with Crippen LogP contribution in [0.25, 0.3) is 0 Å². The number of carbonyl (C=O) groups is 1. The summed E-state index contributed by atoms with van der Waals surface area (Å²) in [5.41, 5.74) is 6.87. The van der Waals surface area contributed by atoms with Gasteiger partial charge in [0.25, 0.3) is 5.91 Å². The van der Waals surface area contributed by atoms with E-state index < -0.39 is 0 Å². The highest BCUT2D eigenvalue weighted by molar-refractivity contribution is 7.09. The largest absolute Gasteiger partial charge is 0.375 e. The molecule has 0 spiro atoms. The van der Waals surface area contributed by atoms with Crippen LogP contribution >= 0.6 is 36.2 Å². The van der Waals surface area contributed by atoms with Crippen LogP contribution in [-0.4, -0.2) is 41.7 Å². The van der Waals surface area contributed by atoms with Gasteiger partial charge < -0.3 is 20.7 Å². The standard InChI is InChI=1S/C16H21N5O2S.2ClH/c1-11-9-21(4-5-23-11)14-3-2-12(7-18-14)8-19-16(22)13-10-24-15(6-17)20-13;;/h2-3,7,10-11H,4-6,8-9,17H2,1H3,(H,19,22);2*1H. The Morgan fingerprint density at radius 2 is 2.27 bits per heavy atom. The zero-order valence-electron chi connectivity index (χ0n) is 14.4. The van der Waals surface area contributed by atoms with Gasteiger partial charge in [0, 0.05) is 37.8 Å². The van der Waals surface area contributed by atoms with Crippen LogP contribution in [0, 0.1) is 0 Å². The maximum absolute atomic E-state index is 12.0. The molecule has 3 rings (SSSR count). The smallest absolute Gasteiger partial charge is 0.271 e. The number of anilines is 1. The van der Waals surface area contributed by atoms with E-state index in [1.165, 1.54) is 11.3 Å². The fourth-order valence-corrected chi connectivity index (χ4v) is 3.17. The van der Waals surface area contributed by atoms with Crippen LogP contribution < -0.4 is 16.0 Å². The van der Waals surface area contributed by atoms with E-state index in [0.717, 1.165) is 36.1 Å². The van der Waals surface area contributed by atoms with Crippen molar-refractivity contribution in [3.05, 3.63) is 40.0 Å². The number of ether oxygens (including phenoxy) is 1. The summed E-state index contributed by atoms with van der Waals surface area (Å²) in [5.74, 6) is 0.740. The van der Waals surface area contributed by atoms with E-state index in [9.17, 15) is 4.79 Å². The molecule has 1 aliphatic heterocycles. The molecule has 10 heteroatoms. The number of nitrogens with zero attached hydrogens (tertiary/aromatic N) is 3. The summed E-state index contributed by atoms with van der Waals surface area (Å²) in [4.78, 5) is 22.9. The summed E-state index contributed by atoms with van der Waals surface area (Å²) in [7, 11) is 0. The Kier molecular flexibility index (Phi) is 9.24. The monoisotopic (exact) mass is 419 g/mol. The Morgan fingerprint density at radius 3 is 2.88 bits per heavy atom. The fourth-order valence-electron chi connectivity index (χ4n) is 2.52. The van der Waals surface area contributed by atoms with Gasteiger partial charge >= 0.3 is 0 Å². The lowest BCUT2D eigenvalue weighted by Crippen LogP contribution is -2.41. The highest BCUT2D eigenvalue weighted by Gasteiger charge is 2.17. The van der Waals surface area contributed by atoms with Gasteiger partial charge in [0.1, 0.15) is 16.5 Å². The van der Waals surface area contributed by atoms with E-state index in [4.69, 9.17) is 10.5 Å². The Labute approximate surface area is 169 Å². The number of halogens is 2. The van der Waals surface area contributed by atoms with Gasteiger partial charge in [0.15, 0.2) is 0 Å². The molecule has 144 valence electrons. The minimum Gasteiger partial charge on any atom is -0.375 e. The van der Waals surface area contributed by atoms with Gasteiger partial charge in [0.2, 0.25) is 0 Å². The zero-order chi connectivity index (χ0) is 16.9. The van der Waals surface area contributed by atoms with Crippen molar-refractivity contribution in [2.45, 2.75) is 26.1 Å². The minimum atomic E-state index is -0.197. The van der Waals surface area contributed by atoms with Crippen molar-refractivity contribution in [1.82, 2.24) is 15.3 Å². The minimum absolute atomic E-state index is 0. The summed E-state index contributed by atoms with van der Waals surface area (Å²) >= 11 is 1.39. The molecule has 2 aromatic heterocycles. The molecule has 7 nitrogen and oxygen atoms in total. The molecule has 1 atom stereocenters. The topological polar surface area (TPSA) is 93.4 Å². The van der Waals surface area contributed by atoms with Crippen LogP contribution in [0.5, 0.6) is 0 Å². The molecule has 0 radical (unpaired) electrons. The molecule has 0 aliphatic carbocycles. The number of nitrogens with two attached hydrogens (primary N) is 1. The van der Waals surface area contributed by atoms with Crippen molar-refractivity contribution in [2.75, 3.05) is 24.6 Å². The number of amides is 1. The Hall–Kier alpha value is -1.45. The number of pyridine rings is 1. The average Bonchev–Trinajstić information content (AvgIpc) is 3.09. The second-order valence-corrected chi connectivity index (χ2v) is 6.61. The summed E-state index contributed by atoms with van der Waals surface area (Å²) < 4.78 is 5.54. The first-order chi connectivity index (χ1) is 11.7. The van der Waals surface area contributed by atoms with Crippen LogP contribution in [0.4, 0.5) is 5.82 Å². The van der Waals surface area contributed by atoms with E-state index >= 15 is 0 Å². The van der Waals surface area contributed by atoms with Crippen LogP contribution in [0.2, 0.25) is 0 Å². The Morgan fingerprint density at radius 1 is 1.46 bits per heavy atom. The molecule has 1 aliphatic rings. The molecule has 0 bridgehead atoms. The predicted octanol–water partition coefficient (Wildman–Crippen LogP) is 2.00. The highest BCUT2D eigenvalue weighted by atomic mass is 35.5. The molecule has 1 saturated heterocycles. The van der Waals surface area contributed by atoms with Gasteiger partial charge in [0.05, 0.1) is 12.7 Å². The second-order valence-electron chi connectivity index (χ2n) is 5.67. The summed E-state index contributed by atoms with van der Waals surface area (Å²) in [6, 6.07) is 3.96. The van der Waals surface area contributed by atoms with Crippen LogP contribution in [0.3, 0.4) is 0 Å². The maximum Gasteiger partial charge on any atom is 0.271 e. The lowest BCUT2D eigenvalue weighted by atomic mass is 10.2. The molecule has 1 fully saturated rings. The number of nitrogens with one attached hydrogen (secondary N) is 1. The van der Waals surface area contributed by atoms with Crippen LogP contribution in [0.15, 0.2) is 23.7 Å². The third kappa shape index (κ3) is 5.78. The number of thiazole rings is 1. The number of hydrogen-bond donors (Lipinski definition) is 2.